The van der Waals surface area contributed by atoms with Crippen LogP contribution >= 0.6 is 0 Å². The number of ether oxygens (including phenoxy) is 1. The van der Waals surface area contributed by atoms with Gasteiger partial charge in [-0.25, -0.2) is 0 Å². The molecule has 2 aliphatic heterocycles. The number of carbonyl (C=O) groups excluding carboxylic acids is 1. The van der Waals surface area contributed by atoms with Crippen LogP contribution in [0.4, 0.5) is 0 Å². The lowest BCUT2D eigenvalue weighted by molar-refractivity contribution is -0.360. The van der Waals surface area contributed by atoms with Crippen LogP contribution < -0.4 is 0 Å². The Bertz CT molecular complexity index is 504. The maximum atomic E-state index is 12.6. The molecule has 1 saturated carbocycles. The molecule has 0 aromatic carbocycles. The smallest absolute Gasteiger partial charge is 0.222 e. The Morgan fingerprint density at radius 1 is 1.27 bits per heavy atom. The van der Waals surface area contributed by atoms with E-state index in [1.165, 1.54) is 6.42 Å². The third-order valence-electron chi connectivity index (χ3n) is 6.38. The van der Waals surface area contributed by atoms with Gasteiger partial charge in [0.2, 0.25) is 17.5 Å². The summed E-state index contributed by atoms with van der Waals surface area (Å²) in [6, 6.07) is 0. The van der Waals surface area contributed by atoms with Crippen molar-refractivity contribution in [2.75, 3.05) is 13.1 Å². The zero-order chi connectivity index (χ0) is 18.6. The lowest BCUT2D eigenvalue weighted by atomic mass is 9.82. The second-order valence-electron chi connectivity index (χ2n) is 8.43. The molecule has 148 valence electrons. The van der Waals surface area contributed by atoms with E-state index in [1.807, 2.05) is 17.9 Å². The van der Waals surface area contributed by atoms with Crippen LogP contribution in [0.3, 0.4) is 0 Å². The summed E-state index contributed by atoms with van der Waals surface area (Å²) in [5.41, 5.74) is 0. The molecule has 0 aromatic heterocycles. The normalized spacial score (nSPS) is 36.2. The second kappa shape index (κ2) is 8.41. The molecule has 1 amide bonds. The van der Waals surface area contributed by atoms with Gasteiger partial charge in [-0.3, -0.25) is 4.79 Å². The Morgan fingerprint density at radius 3 is 2.73 bits per heavy atom. The van der Waals surface area contributed by atoms with E-state index in [9.17, 15) is 4.79 Å². The predicted molar refractivity (Wildman–Crippen MR) is 100.0 cm³/mol. The first-order valence-electron chi connectivity index (χ1n) is 10.5. The van der Waals surface area contributed by atoms with Gasteiger partial charge in [0.05, 0.1) is 0 Å². The van der Waals surface area contributed by atoms with Crippen molar-refractivity contribution in [3.05, 3.63) is 12.7 Å². The Hall–Kier alpha value is -0.910. The van der Waals surface area contributed by atoms with E-state index in [1.54, 1.807) is 0 Å². The number of amides is 1. The molecule has 1 spiro atoms. The summed E-state index contributed by atoms with van der Waals surface area (Å²) in [5, 5.41) is 0. The number of carbonyl (C=O) groups is 1. The molecule has 3 aliphatic rings. The van der Waals surface area contributed by atoms with Crippen LogP contribution in [-0.2, 0) is 19.3 Å². The molecule has 5 heteroatoms. The average molecular weight is 366 g/mol. The first kappa shape index (κ1) is 19.8. The largest absolute Gasteiger partial charge is 0.343 e. The van der Waals surface area contributed by atoms with E-state index in [2.05, 4.69) is 13.5 Å². The topological polar surface area (TPSA) is 48.0 Å². The molecule has 0 radical (unpaired) electrons. The van der Waals surface area contributed by atoms with Crippen molar-refractivity contribution < 1.29 is 19.3 Å². The Morgan fingerprint density at radius 2 is 2.04 bits per heavy atom. The zero-order valence-electron chi connectivity index (χ0n) is 16.5. The highest BCUT2D eigenvalue weighted by Crippen LogP contribution is 2.48. The van der Waals surface area contributed by atoms with Gasteiger partial charge < -0.3 is 9.64 Å². The molecule has 3 fully saturated rings. The minimum atomic E-state index is -0.734. The monoisotopic (exact) mass is 365 g/mol. The molecule has 2 saturated heterocycles. The fraction of sp³-hybridized carbons (Fsp3) is 0.857. The molecule has 1 aliphatic carbocycles. The Labute approximate surface area is 158 Å². The maximum absolute atomic E-state index is 12.6. The van der Waals surface area contributed by atoms with Gasteiger partial charge >= 0.3 is 0 Å². The first-order valence-corrected chi connectivity index (χ1v) is 10.5. The Balaban J connectivity index is 1.59. The van der Waals surface area contributed by atoms with Gasteiger partial charge in [0, 0.05) is 38.3 Å². The highest BCUT2D eigenvalue weighted by molar-refractivity contribution is 5.76. The molecule has 4 atom stereocenters. The lowest BCUT2D eigenvalue weighted by Crippen LogP contribution is -2.43. The van der Waals surface area contributed by atoms with Gasteiger partial charge in [-0.1, -0.05) is 13.0 Å². The quantitative estimate of drug-likeness (QED) is 0.511. The minimum absolute atomic E-state index is 0.217. The fourth-order valence-corrected chi connectivity index (χ4v) is 4.83. The average Bonchev–Trinajstić information content (AvgIpc) is 2.97. The van der Waals surface area contributed by atoms with Crippen LogP contribution in [0, 0.1) is 11.8 Å². The standard InChI is InChI=1S/C21H35NO4/c1-4-10-18(5-2)20(3)24-21(26-25-20)12-9-11-17(16-21)15-19(23)22-13-7-6-8-14-22/h4,17-18H,1,5-16H2,2-3H3/t17-,18?,20+,21+/m0/s1. The van der Waals surface area contributed by atoms with Crippen LogP contribution in [0.25, 0.3) is 0 Å². The lowest BCUT2D eigenvalue weighted by Gasteiger charge is -2.37. The summed E-state index contributed by atoms with van der Waals surface area (Å²) in [6.45, 7) is 9.80. The van der Waals surface area contributed by atoms with E-state index < -0.39 is 11.6 Å². The van der Waals surface area contributed by atoms with Crippen molar-refractivity contribution >= 4 is 5.91 Å². The zero-order valence-corrected chi connectivity index (χ0v) is 16.5. The number of hydrogen-bond acceptors (Lipinski definition) is 4. The van der Waals surface area contributed by atoms with Crippen molar-refractivity contribution in [3.8, 4) is 0 Å². The molecule has 0 aromatic rings. The third kappa shape index (κ3) is 4.32. The number of likely N-dealkylation sites (tertiary alicyclic amines) is 1. The van der Waals surface area contributed by atoms with Gasteiger partial charge in [0.25, 0.3) is 0 Å². The SMILES string of the molecule is C=CCC(CC)[C@@]1(C)OO[C@@]2(CCC[C@@H](CC(=O)N3CCCCC3)C2)O1. The van der Waals surface area contributed by atoms with Gasteiger partial charge in [-0.2, -0.15) is 9.78 Å². The van der Waals surface area contributed by atoms with E-state index in [-0.39, 0.29) is 5.92 Å². The van der Waals surface area contributed by atoms with E-state index >= 15 is 0 Å². The van der Waals surface area contributed by atoms with E-state index in [0.29, 0.717) is 18.2 Å². The molecule has 3 rings (SSSR count). The van der Waals surface area contributed by atoms with Gasteiger partial charge in [0.1, 0.15) is 0 Å². The Kier molecular flexibility index (Phi) is 6.41. The van der Waals surface area contributed by atoms with Crippen molar-refractivity contribution in [1.29, 1.82) is 0 Å². The number of hydrogen-bond donors (Lipinski definition) is 0. The summed E-state index contributed by atoms with van der Waals surface area (Å²) >= 11 is 0. The molecule has 0 N–H and O–H groups in total. The fourth-order valence-electron chi connectivity index (χ4n) is 4.83. The second-order valence-corrected chi connectivity index (χ2v) is 8.43. The minimum Gasteiger partial charge on any atom is -0.343 e. The van der Waals surface area contributed by atoms with Gasteiger partial charge in [-0.15, -0.1) is 6.58 Å². The van der Waals surface area contributed by atoms with Crippen LogP contribution in [0.1, 0.15) is 78.1 Å². The molecule has 5 nitrogen and oxygen atoms in total. The van der Waals surface area contributed by atoms with E-state index in [4.69, 9.17) is 14.5 Å². The highest BCUT2D eigenvalue weighted by Gasteiger charge is 2.55. The number of allylic oxidation sites excluding steroid dienone is 1. The number of nitrogens with zero attached hydrogens (tertiary/aromatic N) is 1. The summed E-state index contributed by atoms with van der Waals surface area (Å²) in [7, 11) is 0. The third-order valence-corrected chi connectivity index (χ3v) is 6.38. The predicted octanol–water partition coefficient (Wildman–Crippen LogP) is 4.57. The highest BCUT2D eigenvalue weighted by atomic mass is 17.3. The summed E-state index contributed by atoms with van der Waals surface area (Å²) in [6.07, 6.45) is 11.5. The molecular formula is C21H35NO4. The first-order chi connectivity index (χ1) is 12.5. The molecule has 26 heavy (non-hydrogen) atoms. The molecule has 2 heterocycles. The number of piperidine rings is 1. The van der Waals surface area contributed by atoms with Crippen molar-refractivity contribution in [2.45, 2.75) is 89.6 Å². The molecule has 0 bridgehead atoms. The maximum Gasteiger partial charge on any atom is 0.222 e. The molecular weight excluding hydrogens is 330 g/mol. The van der Waals surface area contributed by atoms with Crippen molar-refractivity contribution in [2.24, 2.45) is 11.8 Å². The van der Waals surface area contributed by atoms with Crippen molar-refractivity contribution in [3.63, 3.8) is 0 Å². The van der Waals surface area contributed by atoms with E-state index in [0.717, 1.165) is 64.5 Å². The molecule has 1 unspecified atom stereocenters. The van der Waals surface area contributed by atoms with Crippen molar-refractivity contribution in [1.82, 2.24) is 4.90 Å². The van der Waals surface area contributed by atoms with Crippen LogP contribution in [-0.4, -0.2) is 35.5 Å². The van der Waals surface area contributed by atoms with Gasteiger partial charge in [0.15, 0.2) is 0 Å². The van der Waals surface area contributed by atoms with Crippen LogP contribution in [0.15, 0.2) is 12.7 Å². The van der Waals surface area contributed by atoms with Gasteiger partial charge in [-0.05, 0) is 57.8 Å². The number of rotatable bonds is 6. The van der Waals surface area contributed by atoms with Crippen LogP contribution in [0.5, 0.6) is 0 Å². The van der Waals surface area contributed by atoms with Crippen LogP contribution in [0.2, 0.25) is 0 Å². The summed E-state index contributed by atoms with van der Waals surface area (Å²) in [4.78, 5) is 26.2. The summed E-state index contributed by atoms with van der Waals surface area (Å²) < 4.78 is 6.42. The summed E-state index contributed by atoms with van der Waals surface area (Å²) in [5.74, 6) is -0.597.